The Kier molecular flexibility index (Phi) is 5.51. The molecule has 0 saturated carbocycles. The van der Waals surface area contributed by atoms with Gasteiger partial charge >= 0.3 is 0 Å². The number of para-hydroxylation sites is 1. The molecular formula is C21H18ClN5OS. The Morgan fingerprint density at radius 1 is 1.21 bits per heavy atom. The highest BCUT2D eigenvalue weighted by Crippen LogP contribution is 2.34. The monoisotopic (exact) mass is 423 g/mol. The Balaban J connectivity index is 1.68. The van der Waals surface area contributed by atoms with Crippen molar-refractivity contribution in [2.45, 2.75) is 23.9 Å². The fourth-order valence-electron chi connectivity index (χ4n) is 2.99. The molecule has 4 rings (SSSR count). The van der Waals surface area contributed by atoms with Crippen LogP contribution in [-0.4, -0.2) is 24.7 Å². The van der Waals surface area contributed by atoms with Gasteiger partial charge in [0.2, 0.25) is 0 Å². The van der Waals surface area contributed by atoms with Crippen LogP contribution in [0.15, 0.2) is 71.1 Å². The Hall–Kier alpha value is -2.90. The van der Waals surface area contributed by atoms with E-state index in [1.807, 2.05) is 54.0 Å². The molecule has 0 spiro atoms. The average molecular weight is 424 g/mol. The third kappa shape index (κ3) is 3.97. The summed E-state index contributed by atoms with van der Waals surface area (Å²) in [7, 11) is 0. The second-order valence-corrected chi connectivity index (χ2v) is 8.19. The van der Waals surface area contributed by atoms with Crippen LogP contribution in [0.4, 0.5) is 0 Å². The summed E-state index contributed by atoms with van der Waals surface area (Å²) in [4.78, 5) is 19.9. The van der Waals surface area contributed by atoms with E-state index in [1.165, 1.54) is 11.8 Å². The van der Waals surface area contributed by atoms with Crippen molar-refractivity contribution in [1.82, 2.24) is 24.7 Å². The van der Waals surface area contributed by atoms with Gasteiger partial charge in [0.15, 0.2) is 11.0 Å². The zero-order valence-corrected chi connectivity index (χ0v) is 17.2. The number of H-pyrrole nitrogens is 1. The third-order valence-electron chi connectivity index (χ3n) is 4.43. The highest BCUT2D eigenvalue weighted by atomic mass is 35.5. The number of benzene rings is 2. The number of aromatic nitrogens is 5. The Morgan fingerprint density at radius 2 is 1.97 bits per heavy atom. The van der Waals surface area contributed by atoms with Crippen LogP contribution in [0.1, 0.15) is 18.0 Å². The fraction of sp³-hybridized carbons (Fsp3) is 0.143. The molecule has 2 aromatic heterocycles. The standard InChI is InChI=1S/C21H18ClN5OS/c1-3-12-27-19(14-8-10-15(22)11-9-14)25-26-21(27)29-13(2)18-23-17-7-5-4-6-16(17)20(28)24-18/h3-11,13H,1,12H2,2H3,(H,23,24,28)/t13-/m0/s1. The first kappa shape index (κ1) is 19.4. The Labute approximate surface area is 176 Å². The summed E-state index contributed by atoms with van der Waals surface area (Å²) in [6, 6.07) is 14.8. The van der Waals surface area contributed by atoms with E-state index in [0.29, 0.717) is 28.3 Å². The zero-order chi connectivity index (χ0) is 20.4. The van der Waals surface area contributed by atoms with E-state index in [1.54, 1.807) is 12.1 Å². The molecule has 0 aliphatic rings. The van der Waals surface area contributed by atoms with Gasteiger partial charge in [0.25, 0.3) is 5.56 Å². The molecule has 29 heavy (non-hydrogen) atoms. The molecule has 0 amide bonds. The first-order chi connectivity index (χ1) is 14.1. The minimum Gasteiger partial charge on any atom is -0.309 e. The lowest BCUT2D eigenvalue weighted by molar-refractivity contribution is 0.727. The van der Waals surface area contributed by atoms with Crippen LogP contribution in [0.5, 0.6) is 0 Å². The van der Waals surface area contributed by atoms with Crippen molar-refractivity contribution in [1.29, 1.82) is 0 Å². The van der Waals surface area contributed by atoms with Crippen molar-refractivity contribution in [3.05, 3.63) is 82.4 Å². The number of hydrogen-bond acceptors (Lipinski definition) is 5. The lowest BCUT2D eigenvalue weighted by atomic mass is 10.2. The molecule has 0 bridgehead atoms. The summed E-state index contributed by atoms with van der Waals surface area (Å²) in [6.45, 7) is 6.38. The molecule has 0 saturated heterocycles. The maximum absolute atomic E-state index is 12.4. The van der Waals surface area contributed by atoms with Crippen molar-refractivity contribution in [3.63, 3.8) is 0 Å². The lowest BCUT2D eigenvalue weighted by Gasteiger charge is -2.12. The van der Waals surface area contributed by atoms with E-state index in [4.69, 9.17) is 11.6 Å². The average Bonchev–Trinajstić information content (AvgIpc) is 3.11. The predicted molar refractivity (Wildman–Crippen MR) is 117 cm³/mol. The summed E-state index contributed by atoms with van der Waals surface area (Å²) in [5.74, 6) is 1.33. The molecule has 2 aromatic carbocycles. The number of halogens is 1. The van der Waals surface area contributed by atoms with E-state index in [-0.39, 0.29) is 10.8 Å². The number of hydrogen-bond donors (Lipinski definition) is 1. The van der Waals surface area contributed by atoms with E-state index in [2.05, 4.69) is 26.7 Å². The van der Waals surface area contributed by atoms with Crippen molar-refractivity contribution in [3.8, 4) is 11.4 Å². The molecule has 0 radical (unpaired) electrons. The Morgan fingerprint density at radius 3 is 2.72 bits per heavy atom. The number of thioether (sulfide) groups is 1. The largest absolute Gasteiger partial charge is 0.309 e. The molecule has 6 nitrogen and oxygen atoms in total. The highest BCUT2D eigenvalue weighted by Gasteiger charge is 2.19. The van der Waals surface area contributed by atoms with Crippen LogP contribution >= 0.6 is 23.4 Å². The van der Waals surface area contributed by atoms with Crippen LogP contribution < -0.4 is 5.56 Å². The summed E-state index contributed by atoms with van der Waals surface area (Å²) in [5, 5.41) is 10.6. The fourth-order valence-corrected chi connectivity index (χ4v) is 4.03. The van der Waals surface area contributed by atoms with Crippen LogP contribution in [0.2, 0.25) is 5.02 Å². The number of rotatable bonds is 6. The van der Waals surface area contributed by atoms with Crippen LogP contribution in [0, 0.1) is 0 Å². The molecular weight excluding hydrogens is 406 g/mol. The molecule has 0 unspecified atom stereocenters. The van der Waals surface area contributed by atoms with Gasteiger partial charge in [-0.05, 0) is 43.3 Å². The SMILES string of the molecule is C=CCn1c(S[C@@H](C)c2nc3ccccc3c(=O)[nH]2)nnc1-c1ccc(Cl)cc1. The first-order valence-corrected chi connectivity index (χ1v) is 10.3. The summed E-state index contributed by atoms with van der Waals surface area (Å²) >= 11 is 7.48. The predicted octanol–water partition coefficient (Wildman–Crippen LogP) is 4.87. The smallest absolute Gasteiger partial charge is 0.258 e. The second kappa shape index (κ2) is 8.23. The van der Waals surface area contributed by atoms with Gasteiger partial charge in [0, 0.05) is 17.1 Å². The van der Waals surface area contributed by atoms with Gasteiger partial charge in [-0.25, -0.2) is 4.98 Å². The molecule has 4 aromatic rings. The van der Waals surface area contributed by atoms with Gasteiger partial charge in [0.1, 0.15) is 5.82 Å². The maximum Gasteiger partial charge on any atom is 0.258 e. The number of nitrogens with zero attached hydrogens (tertiary/aromatic N) is 4. The lowest BCUT2D eigenvalue weighted by Crippen LogP contribution is -2.13. The van der Waals surface area contributed by atoms with Crippen molar-refractivity contribution < 1.29 is 0 Å². The van der Waals surface area contributed by atoms with Gasteiger partial charge in [-0.2, -0.15) is 0 Å². The van der Waals surface area contributed by atoms with Gasteiger partial charge < -0.3 is 4.98 Å². The molecule has 146 valence electrons. The van der Waals surface area contributed by atoms with Crippen molar-refractivity contribution in [2.75, 3.05) is 0 Å². The van der Waals surface area contributed by atoms with E-state index in [9.17, 15) is 4.79 Å². The van der Waals surface area contributed by atoms with Gasteiger partial charge in [-0.15, -0.1) is 16.8 Å². The number of aromatic amines is 1. The summed E-state index contributed by atoms with van der Waals surface area (Å²) in [6.07, 6.45) is 1.80. The highest BCUT2D eigenvalue weighted by molar-refractivity contribution is 7.99. The molecule has 8 heteroatoms. The number of fused-ring (bicyclic) bond motifs is 1. The minimum absolute atomic E-state index is 0.127. The van der Waals surface area contributed by atoms with Crippen LogP contribution in [0.3, 0.4) is 0 Å². The van der Waals surface area contributed by atoms with Crippen LogP contribution in [-0.2, 0) is 6.54 Å². The zero-order valence-electron chi connectivity index (χ0n) is 15.7. The molecule has 0 aliphatic heterocycles. The second-order valence-electron chi connectivity index (χ2n) is 6.44. The molecule has 0 aliphatic carbocycles. The number of nitrogens with one attached hydrogen (secondary N) is 1. The van der Waals surface area contributed by atoms with Crippen molar-refractivity contribution >= 4 is 34.3 Å². The van der Waals surface area contributed by atoms with Gasteiger partial charge in [-0.1, -0.05) is 41.6 Å². The normalized spacial score (nSPS) is 12.2. The third-order valence-corrected chi connectivity index (χ3v) is 5.77. The summed E-state index contributed by atoms with van der Waals surface area (Å²) in [5.41, 5.74) is 1.45. The molecule has 0 fully saturated rings. The first-order valence-electron chi connectivity index (χ1n) is 9.02. The quantitative estimate of drug-likeness (QED) is 0.353. The maximum atomic E-state index is 12.4. The van der Waals surface area contributed by atoms with E-state index >= 15 is 0 Å². The van der Waals surface area contributed by atoms with E-state index < -0.39 is 0 Å². The van der Waals surface area contributed by atoms with Gasteiger partial charge in [-0.3, -0.25) is 9.36 Å². The molecule has 1 atom stereocenters. The molecule has 1 N–H and O–H groups in total. The Bertz CT molecular complexity index is 1230. The topological polar surface area (TPSA) is 76.5 Å². The van der Waals surface area contributed by atoms with Crippen LogP contribution in [0.25, 0.3) is 22.3 Å². The number of allylic oxidation sites excluding steroid dienone is 1. The van der Waals surface area contributed by atoms with E-state index in [0.717, 1.165) is 16.5 Å². The molecule has 2 heterocycles. The minimum atomic E-state index is -0.146. The summed E-state index contributed by atoms with van der Waals surface area (Å²) < 4.78 is 1.98. The van der Waals surface area contributed by atoms with Gasteiger partial charge in [0.05, 0.1) is 16.2 Å². The van der Waals surface area contributed by atoms with Crippen molar-refractivity contribution in [2.24, 2.45) is 0 Å².